The molecule has 1 aromatic carbocycles. The van der Waals surface area contributed by atoms with E-state index in [2.05, 4.69) is 4.98 Å². The van der Waals surface area contributed by atoms with Crippen LogP contribution >= 0.6 is 0 Å². The molecular weight excluding hydrogens is 381 g/mol. The van der Waals surface area contributed by atoms with Crippen molar-refractivity contribution in [2.45, 2.75) is 30.8 Å². The highest BCUT2D eigenvalue weighted by Crippen LogP contribution is 2.50. The maximum absolute atomic E-state index is 12.8. The fraction of sp³-hybridized carbons (Fsp3) is 0.444. The molecule has 0 aliphatic carbocycles. The average Bonchev–Trinajstić information content (AvgIpc) is 3.17. The molecule has 7 nitrogen and oxygen atoms in total. The standard InChI is InChI=1S/C18H17F3N2O5/c1-26-8-3-4-11-10(7-8)12-9-5-6-23(14(13(12)22-11)16(24)27-2)15(9)28-17(25)18(19,20)21/h3-4,7,9,14-15,22H,5-6H2,1-2H3. The van der Waals surface area contributed by atoms with Crippen molar-refractivity contribution >= 4 is 22.8 Å². The lowest BCUT2D eigenvalue weighted by atomic mass is 9.89. The number of fused-ring (bicyclic) bond motifs is 6. The van der Waals surface area contributed by atoms with Crippen LogP contribution in [0.15, 0.2) is 18.2 Å². The van der Waals surface area contributed by atoms with Gasteiger partial charge in [0.05, 0.1) is 14.2 Å². The minimum atomic E-state index is -5.12. The summed E-state index contributed by atoms with van der Waals surface area (Å²) in [6, 6.07) is 4.25. The normalized spacial score (nSPS) is 26.0. The third kappa shape index (κ3) is 2.70. The Hall–Kier alpha value is -2.75. The van der Waals surface area contributed by atoms with Gasteiger partial charge in [-0.2, -0.15) is 13.2 Å². The van der Waals surface area contributed by atoms with Gasteiger partial charge in [0.1, 0.15) is 5.75 Å². The third-order valence-corrected chi connectivity index (χ3v) is 5.31. The summed E-state index contributed by atoms with van der Waals surface area (Å²) in [5.74, 6) is -2.87. The molecule has 1 fully saturated rings. The van der Waals surface area contributed by atoms with Crippen molar-refractivity contribution in [3.8, 4) is 5.75 Å². The Morgan fingerprint density at radius 3 is 2.64 bits per heavy atom. The first-order valence-corrected chi connectivity index (χ1v) is 8.57. The molecule has 3 heterocycles. The lowest BCUT2D eigenvalue weighted by Gasteiger charge is -2.37. The minimum Gasteiger partial charge on any atom is -0.497 e. The van der Waals surface area contributed by atoms with E-state index in [1.807, 2.05) is 0 Å². The van der Waals surface area contributed by atoms with Crippen molar-refractivity contribution < 1.29 is 37.0 Å². The SMILES string of the molecule is COC(=O)C1c2[nH]c3ccc(OC)cc3c2C2CCN1C2OC(=O)C(F)(F)F. The van der Waals surface area contributed by atoms with Crippen molar-refractivity contribution in [1.29, 1.82) is 0 Å². The number of hydrogen-bond acceptors (Lipinski definition) is 6. The number of methoxy groups -OCH3 is 2. The van der Waals surface area contributed by atoms with Crippen LogP contribution in [0.3, 0.4) is 0 Å². The number of aromatic nitrogens is 1. The summed E-state index contributed by atoms with van der Waals surface area (Å²) >= 11 is 0. The van der Waals surface area contributed by atoms with Crippen molar-refractivity contribution in [1.82, 2.24) is 9.88 Å². The zero-order valence-corrected chi connectivity index (χ0v) is 15.0. The van der Waals surface area contributed by atoms with Crippen LogP contribution in [0.2, 0.25) is 0 Å². The molecule has 4 rings (SSSR count). The Balaban J connectivity index is 1.86. The van der Waals surface area contributed by atoms with E-state index in [4.69, 9.17) is 14.2 Å². The van der Waals surface area contributed by atoms with Gasteiger partial charge in [-0.25, -0.2) is 14.5 Å². The van der Waals surface area contributed by atoms with Gasteiger partial charge in [0.25, 0.3) is 0 Å². The smallest absolute Gasteiger partial charge is 0.490 e. The summed E-state index contributed by atoms with van der Waals surface area (Å²) in [6.45, 7) is 0.286. The van der Waals surface area contributed by atoms with Crippen LogP contribution in [-0.2, 0) is 19.1 Å². The van der Waals surface area contributed by atoms with Gasteiger partial charge >= 0.3 is 18.1 Å². The predicted octanol–water partition coefficient (Wildman–Crippen LogP) is 2.63. The maximum Gasteiger partial charge on any atom is 0.490 e. The van der Waals surface area contributed by atoms with Gasteiger partial charge in [-0.3, -0.25) is 0 Å². The summed E-state index contributed by atoms with van der Waals surface area (Å²) in [5.41, 5.74) is 1.89. The van der Waals surface area contributed by atoms with Crippen LogP contribution in [0.1, 0.15) is 29.6 Å². The number of alkyl halides is 3. The molecule has 1 saturated heterocycles. The number of nitrogens with one attached hydrogen (secondary N) is 1. The Labute approximate surface area is 157 Å². The molecule has 0 amide bonds. The zero-order valence-electron chi connectivity index (χ0n) is 15.0. The number of aromatic amines is 1. The van der Waals surface area contributed by atoms with E-state index in [1.54, 1.807) is 18.2 Å². The summed E-state index contributed by atoms with van der Waals surface area (Å²) in [7, 11) is 2.70. The van der Waals surface area contributed by atoms with Gasteiger partial charge in [-0.05, 0) is 30.2 Å². The van der Waals surface area contributed by atoms with E-state index < -0.39 is 36.3 Å². The first kappa shape index (κ1) is 18.6. The number of esters is 2. The Kier molecular flexibility index (Phi) is 4.25. The van der Waals surface area contributed by atoms with Gasteiger partial charge in [0, 0.05) is 29.1 Å². The van der Waals surface area contributed by atoms with E-state index >= 15 is 0 Å². The van der Waals surface area contributed by atoms with E-state index in [9.17, 15) is 22.8 Å². The van der Waals surface area contributed by atoms with Crippen molar-refractivity contribution in [3.05, 3.63) is 29.5 Å². The quantitative estimate of drug-likeness (QED) is 0.801. The molecule has 2 aromatic rings. The first-order valence-electron chi connectivity index (χ1n) is 8.57. The predicted molar refractivity (Wildman–Crippen MR) is 89.6 cm³/mol. The molecule has 150 valence electrons. The number of nitrogens with zero attached hydrogens (tertiary/aromatic N) is 1. The van der Waals surface area contributed by atoms with Crippen LogP contribution in [0.5, 0.6) is 5.75 Å². The highest BCUT2D eigenvalue weighted by molar-refractivity contribution is 5.90. The van der Waals surface area contributed by atoms with Crippen LogP contribution in [0.25, 0.3) is 10.9 Å². The summed E-state index contributed by atoms with van der Waals surface area (Å²) in [6.07, 6.45) is -5.90. The number of carbonyl (C=O) groups excluding carboxylic acids is 2. The van der Waals surface area contributed by atoms with Gasteiger partial charge in [-0.15, -0.1) is 0 Å². The zero-order chi connectivity index (χ0) is 20.2. The molecule has 0 saturated carbocycles. The average molecular weight is 398 g/mol. The summed E-state index contributed by atoms with van der Waals surface area (Å²) in [4.78, 5) is 28.6. The Morgan fingerprint density at radius 2 is 2.00 bits per heavy atom. The number of ether oxygens (including phenoxy) is 3. The topological polar surface area (TPSA) is 80.9 Å². The fourth-order valence-electron chi connectivity index (χ4n) is 4.16. The third-order valence-electron chi connectivity index (χ3n) is 5.31. The van der Waals surface area contributed by atoms with Crippen LogP contribution in [-0.4, -0.2) is 55.0 Å². The molecule has 0 spiro atoms. The first-order chi connectivity index (χ1) is 13.3. The van der Waals surface area contributed by atoms with Crippen molar-refractivity contribution in [3.63, 3.8) is 0 Å². The van der Waals surface area contributed by atoms with Crippen LogP contribution in [0.4, 0.5) is 13.2 Å². The molecule has 10 heteroatoms. The molecule has 2 aliphatic heterocycles. The van der Waals surface area contributed by atoms with Gasteiger partial charge in [0.2, 0.25) is 0 Å². The molecule has 4 unspecified atom stereocenters. The second kappa shape index (κ2) is 6.40. The summed E-state index contributed by atoms with van der Waals surface area (Å²) in [5, 5.41) is 0.711. The van der Waals surface area contributed by atoms with Gasteiger partial charge < -0.3 is 19.2 Å². The monoisotopic (exact) mass is 398 g/mol. The number of benzene rings is 1. The van der Waals surface area contributed by atoms with E-state index in [0.717, 1.165) is 0 Å². The minimum absolute atomic E-state index is 0.286. The summed E-state index contributed by atoms with van der Waals surface area (Å²) < 4.78 is 53.3. The van der Waals surface area contributed by atoms with Gasteiger partial charge in [0.15, 0.2) is 12.3 Å². The Morgan fingerprint density at radius 1 is 1.25 bits per heavy atom. The molecule has 28 heavy (non-hydrogen) atoms. The van der Waals surface area contributed by atoms with Crippen LogP contribution < -0.4 is 4.74 Å². The van der Waals surface area contributed by atoms with E-state index in [1.165, 1.54) is 19.1 Å². The lowest BCUT2D eigenvalue weighted by molar-refractivity contribution is -0.214. The molecular formula is C18H17F3N2O5. The Bertz CT molecular complexity index is 955. The molecule has 4 atom stereocenters. The second-order valence-corrected chi connectivity index (χ2v) is 6.72. The molecule has 2 bridgehead atoms. The largest absolute Gasteiger partial charge is 0.497 e. The molecule has 1 aromatic heterocycles. The van der Waals surface area contributed by atoms with Gasteiger partial charge in [-0.1, -0.05) is 0 Å². The van der Waals surface area contributed by atoms with Crippen molar-refractivity contribution in [2.24, 2.45) is 0 Å². The van der Waals surface area contributed by atoms with Crippen LogP contribution in [0, 0.1) is 0 Å². The van der Waals surface area contributed by atoms with E-state index in [0.29, 0.717) is 34.3 Å². The van der Waals surface area contributed by atoms with Crippen molar-refractivity contribution in [2.75, 3.05) is 20.8 Å². The second-order valence-electron chi connectivity index (χ2n) is 6.72. The molecule has 2 aliphatic rings. The highest BCUT2D eigenvalue weighted by atomic mass is 19.4. The molecule has 0 radical (unpaired) electrons. The number of rotatable bonds is 3. The fourth-order valence-corrected chi connectivity index (χ4v) is 4.16. The number of hydrogen-bond donors (Lipinski definition) is 1. The van der Waals surface area contributed by atoms with E-state index in [-0.39, 0.29) is 6.54 Å². The number of halogens is 3. The molecule has 1 N–H and O–H groups in total. The highest BCUT2D eigenvalue weighted by Gasteiger charge is 2.54. The lowest BCUT2D eigenvalue weighted by Crippen LogP contribution is -2.47. The maximum atomic E-state index is 12.8. The number of carbonyl (C=O) groups is 2. The number of H-pyrrole nitrogens is 1.